The highest BCUT2D eigenvalue weighted by atomic mass is 79.9. The van der Waals surface area contributed by atoms with Gasteiger partial charge in [-0.15, -0.1) is 0 Å². The highest BCUT2D eigenvalue weighted by Crippen LogP contribution is 2.31. The van der Waals surface area contributed by atoms with E-state index in [9.17, 15) is 9.90 Å². The molecule has 0 aliphatic rings. The number of pyridine rings is 1. The van der Waals surface area contributed by atoms with Crippen LogP contribution in [0.3, 0.4) is 0 Å². The number of aromatic nitrogens is 1. The van der Waals surface area contributed by atoms with Crippen molar-refractivity contribution in [1.82, 2.24) is 4.98 Å². The Labute approximate surface area is 130 Å². The standard InChI is InChI=1S/C17H12BrNO2/c18-16-14(10-15(20)17(21)19-16)13-8-4-7-12(9-13)11-5-2-1-3-6-11/h1-10,20H,(H,19,21). The van der Waals surface area contributed by atoms with Crippen LogP contribution in [-0.2, 0) is 0 Å². The summed E-state index contributed by atoms with van der Waals surface area (Å²) < 4.78 is 0.551. The van der Waals surface area contributed by atoms with Gasteiger partial charge in [0.15, 0.2) is 5.75 Å². The third-order valence-corrected chi connectivity index (χ3v) is 3.88. The molecule has 3 nitrogen and oxygen atoms in total. The third kappa shape index (κ3) is 2.76. The summed E-state index contributed by atoms with van der Waals surface area (Å²) in [7, 11) is 0. The summed E-state index contributed by atoms with van der Waals surface area (Å²) in [4.78, 5) is 14.0. The van der Waals surface area contributed by atoms with Crippen LogP contribution in [-0.4, -0.2) is 10.1 Å². The monoisotopic (exact) mass is 341 g/mol. The summed E-state index contributed by atoms with van der Waals surface area (Å²) in [5, 5.41) is 9.61. The van der Waals surface area contributed by atoms with Crippen LogP contribution in [0.4, 0.5) is 0 Å². The second kappa shape index (κ2) is 5.58. The molecule has 3 rings (SSSR count). The van der Waals surface area contributed by atoms with E-state index in [1.807, 2.05) is 54.6 Å². The Kier molecular flexibility index (Phi) is 3.62. The lowest BCUT2D eigenvalue weighted by molar-refractivity contribution is 0.466. The van der Waals surface area contributed by atoms with Crippen molar-refractivity contribution in [2.75, 3.05) is 0 Å². The van der Waals surface area contributed by atoms with Gasteiger partial charge in [0.1, 0.15) is 0 Å². The van der Waals surface area contributed by atoms with Crippen molar-refractivity contribution in [3.63, 3.8) is 0 Å². The lowest BCUT2D eigenvalue weighted by Crippen LogP contribution is -2.05. The Morgan fingerprint density at radius 2 is 1.52 bits per heavy atom. The SMILES string of the molecule is O=c1[nH]c(Br)c(-c2cccc(-c3ccccc3)c2)cc1O. The minimum atomic E-state index is -0.509. The molecule has 0 spiro atoms. The molecule has 0 unspecified atom stereocenters. The highest BCUT2D eigenvalue weighted by molar-refractivity contribution is 9.10. The first kappa shape index (κ1) is 13.6. The first-order valence-corrected chi connectivity index (χ1v) is 7.22. The average Bonchev–Trinajstić information content (AvgIpc) is 2.52. The van der Waals surface area contributed by atoms with Crippen molar-refractivity contribution < 1.29 is 5.11 Å². The van der Waals surface area contributed by atoms with Gasteiger partial charge >= 0.3 is 0 Å². The number of H-pyrrole nitrogens is 1. The lowest BCUT2D eigenvalue weighted by atomic mass is 10.00. The number of halogens is 1. The number of nitrogens with one attached hydrogen (secondary N) is 1. The van der Waals surface area contributed by atoms with Crippen LogP contribution in [0.25, 0.3) is 22.3 Å². The molecular weight excluding hydrogens is 330 g/mol. The molecule has 0 aliphatic heterocycles. The molecule has 0 radical (unpaired) electrons. The van der Waals surface area contributed by atoms with Crippen molar-refractivity contribution in [3.8, 4) is 28.0 Å². The predicted octanol–water partition coefficient (Wildman–Crippen LogP) is 4.18. The molecule has 0 saturated carbocycles. The molecule has 0 amide bonds. The van der Waals surface area contributed by atoms with Crippen LogP contribution in [0.15, 0.2) is 70.1 Å². The van der Waals surface area contributed by atoms with Gasteiger partial charge in [0.05, 0.1) is 4.60 Å². The Morgan fingerprint density at radius 3 is 2.29 bits per heavy atom. The molecular formula is C17H12BrNO2. The molecule has 1 aromatic heterocycles. The Bertz CT molecular complexity index is 841. The highest BCUT2D eigenvalue weighted by Gasteiger charge is 2.09. The van der Waals surface area contributed by atoms with Gasteiger partial charge in [-0.3, -0.25) is 4.79 Å². The molecule has 0 saturated heterocycles. The van der Waals surface area contributed by atoms with Crippen LogP contribution < -0.4 is 5.56 Å². The Morgan fingerprint density at radius 1 is 0.857 bits per heavy atom. The fourth-order valence-electron chi connectivity index (χ4n) is 2.20. The van der Waals surface area contributed by atoms with E-state index in [0.717, 1.165) is 22.3 Å². The van der Waals surface area contributed by atoms with Crippen molar-refractivity contribution in [1.29, 1.82) is 0 Å². The number of aromatic amines is 1. The summed E-state index contributed by atoms with van der Waals surface area (Å²) in [6.07, 6.45) is 0. The van der Waals surface area contributed by atoms with Gasteiger partial charge in [-0.05, 0) is 44.8 Å². The topological polar surface area (TPSA) is 53.1 Å². The van der Waals surface area contributed by atoms with Gasteiger partial charge in [-0.1, -0.05) is 48.5 Å². The quantitative estimate of drug-likeness (QED) is 0.687. The van der Waals surface area contributed by atoms with Crippen LogP contribution in [0, 0.1) is 0 Å². The maximum absolute atomic E-state index is 11.4. The van der Waals surface area contributed by atoms with Crippen molar-refractivity contribution in [2.24, 2.45) is 0 Å². The Hall–Kier alpha value is -2.33. The summed E-state index contributed by atoms with van der Waals surface area (Å²) in [6, 6.07) is 19.4. The molecule has 2 N–H and O–H groups in total. The number of benzene rings is 2. The van der Waals surface area contributed by atoms with E-state index in [1.54, 1.807) is 0 Å². The molecule has 4 heteroatoms. The van der Waals surface area contributed by atoms with Crippen LogP contribution in [0.1, 0.15) is 0 Å². The number of rotatable bonds is 2. The van der Waals surface area contributed by atoms with Gasteiger partial charge < -0.3 is 10.1 Å². The van der Waals surface area contributed by atoms with Gasteiger partial charge in [-0.25, -0.2) is 0 Å². The zero-order valence-electron chi connectivity index (χ0n) is 11.0. The van der Waals surface area contributed by atoms with Gasteiger partial charge in [0.2, 0.25) is 0 Å². The van der Waals surface area contributed by atoms with E-state index in [4.69, 9.17) is 0 Å². The summed E-state index contributed by atoms with van der Waals surface area (Å²) in [5.74, 6) is -0.293. The van der Waals surface area contributed by atoms with Crippen molar-refractivity contribution in [2.45, 2.75) is 0 Å². The molecule has 1 heterocycles. The fourth-order valence-corrected chi connectivity index (χ4v) is 2.73. The normalized spacial score (nSPS) is 10.5. The Balaban J connectivity index is 2.13. The molecule has 104 valence electrons. The number of hydrogen-bond donors (Lipinski definition) is 2. The smallest absolute Gasteiger partial charge is 0.290 e. The third-order valence-electron chi connectivity index (χ3n) is 3.25. The summed E-state index contributed by atoms with van der Waals surface area (Å²) in [6.45, 7) is 0. The number of hydrogen-bond acceptors (Lipinski definition) is 2. The largest absolute Gasteiger partial charge is 0.503 e. The molecule has 2 aromatic carbocycles. The zero-order chi connectivity index (χ0) is 14.8. The van der Waals surface area contributed by atoms with E-state index in [0.29, 0.717) is 4.60 Å². The summed E-state index contributed by atoms with van der Waals surface area (Å²) >= 11 is 3.33. The van der Waals surface area contributed by atoms with E-state index >= 15 is 0 Å². The fraction of sp³-hybridized carbons (Fsp3) is 0. The predicted molar refractivity (Wildman–Crippen MR) is 87.3 cm³/mol. The molecule has 0 atom stereocenters. The molecule has 0 bridgehead atoms. The van der Waals surface area contributed by atoms with Crippen LogP contribution in [0.5, 0.6) is 5.75 Å². The molecule has 21 heavy (non-hydrogen) atoms. The minimum absolute atomic E-state index is 0.293. The second-order valence-electron chi connectivity index (χ2n) is 4.66. The minimum Gasteiger partial charge on any atom is -0.503 e. The van der Waals surface area contributed by atoms with E-state index in [2.05, 4.69) is 20.9 Å². The maximum Gasteiger partial charge on any atom is 0.290 e. The first-order chi connectivity index (χ1) is 10.1. The lowest BCUT2D eigenvalue weighted by Gasteiger charge is -2.08. The zero-order valence-corrected chi connectivity index (χ0v) is 12.6. The van der Waals surface area contributed by atoms with Gasteiger partial charge in [-0.2, -0.15) is 0 Å². The van der Waals surface area contributed by atoms with Crippen molar-refractivity contribution in [3.05, 3.63) is 75.6 Å². The van der Waals surface area contributed by atoms with E-state index < -0.39 is 5.56 Å². The van der Waals surface area contributed by atoms with Crippen LogP contribution >= 0.6 is 15.9 Å². The van der Waals surface area contributed by atoms with Gasteiger partial charge in [0.25, 0.3) is 5.56 Å². The molecule has 3 aromatic rings. The van der Waals surface area contributed by atoms with Gasteiger partial charge in [0, 0.05) is 5.56 Å². The average molecular weight is 342 g/mol. The molecule has 0 aliphatic carbocycles. The number of aromatic hydroxyl groups is 1. The maximum atomic E-state index is 11.4. The van der Waals surface area contributed by atoms with E-state index in [-0.39, 0.29) is 5.75 Å². The molecule has 0 fully saturated rings. The first-order valence-electron chi connectivity index (χ1n) is 6.43. The van der Waals surface area contributed by atoms with E-state index in [1.165, 1.54) is 6.07 Å². The second-order valence-corrected chi connectivity index (χ2v) is 5.45. The van der Waals surface area contributed by atoms with Crippen molar-refractivity contribution >= 4 is 15.9 Å². The van der Waals surface area contributed by atoms with Crippen LogP contribution in [0.2, 0.25) is 0 Å². The summed E-state index contributed by atoms with van der Waals surface area (Å²) in [5.41, 5.74) is 3.33.